The zero-order valence-electron chi connectivity index (χ0n) is 7.34. The van der Waals surface area contributed by atoms with Crippen molar-refractivity contribution >= 4 is 0 Å². The van der Waals surface area contributed by atoms with Crippen molar-refractivity contribution in [2.24, 2.45) is 0 Å². The van der Waals surface area contributed by atoms with Gasteiger partial charge in [0.2, 0.25) is 5.88 Å². The molecule has 13 heavy (non-hydrogen) atoms. The first-order chi connectivity index (χ1) is 6.24. The van der Waals surface area contributed by atoms with Crippen LogP contribution in [0.2, 0.25) is 0 Å². The molecule has 0 aliphatic rings. The van der Waals surface area contributed by atoms with Gasteiger partial charge >= 0.3 is 0 Å². The topological polar surface area (TPSA) is 75.5 Å². The van der Waals surface area contributed by atoms with E-state index in [0.29, 0.717) is 11.6 Å². The second-order valence-electron chi connectivity index (χ2n) is 2.59. The van der Waals surface area contributed by atoms with E-state index in [0.717, 1.165) is 0 Å². The number of nitrogens with zero attached hydrogens (tertiary/aromatic N) is 2. The van der Waals surface area contributed by atoms with Crippen LogP contribution in [0.5, 0.6) is 5.88 Å². The molecule has 0 radical (unpaired) electrons. The highest BCUT2D eigenvalue weighted by atomic mass is 16.5. The van der Waals surface area contributed by atoms with E-state index in [4.69, 9.17) is 14.9 Å². The standard InChI is InChI=1S/C8H12N2O3/c1-6-8(10-3-2-9-6)13-5-7(12)4-11/h2-3,7,11-12H,4-5H2,1H3/t7-/m1/s1. The number of aliphatic hydroxyl groups excluding tert-OH is 2. The maximum atomic E-state index is 8.99. The van der Waals surface area contributed by atoms with Crippen molar-refractivity contribution in [2.75, 3.05) is 13.2 Å². The van der Waals surface area contributed by atoms with E-state index >= 15 is 0 Å². The Hall–Kier alpha value is -1.20. The highest BCUT2D eigenvalue weighted by molar-refractivity contribution is 5.14. The molecule has 5 heteroatoms. The normalized spacial score (nSPS) is 12.5. The maximum absolute atomic E-state index is 8.99. The number of aromatic nitrogens is 2. The van der Waals surface area contributed by atoms with Gasteiger partial charge in [0.25, 0.3) is 0 Å². The van der Waals surface area contributed by atoms with E-state index in [-0.39, 0.29) is 13.2 Å². The van der Waals surface area contributed by atoms with Crippen molar-refractivity contribution in [1.82, 2.24) is 9.97 Å². The van der Waals surface area contributed by atoms with E-state index in [1.165, 1.54) is 6.20 Å². The fourth-order valence-corrected chi connectivity index (χ4v) is 0.764. The summed E-state index contributed by atoms with van der Waals surface area (Å²) in [6, 6.07) is 0. The largest absolute Gasteiger partial charge is 0.474 e. The van der Waals surface area contributed by atoms with Gasteiger partial charge in [-0.2, -0.15) is 0 Å². The first-order valence-corrected chi connectivity index (χ1v) is 3.93. The molecule has 0 bridgehead atoms. The summed E-state index contributed by atoms with van der Waals surface area (Å²) in [5, 5.41) is 17.5. The fraction of sp³-hybridized carbons (Fsp3) is 0.500. The van der Waals surface area contributed by atoms with Gasteiger partial charge in [-0.15, -0.1) is 0 Å². The molecule has 0 aliphatic carbocycles. The number of hydrogen-bond donors (Lipinski definition) is 2. The van der Waals surface area contributed by atoms with Crippen molar-refractivity contribution in [3.8, 4) is 5.88 Å². The Kier molecular flexibility index (Phi) is 3.60. The highest BCUT2D eigenvalue weighted by Gasteiger charge is 2.05. The molecular formula is C8H12N2O3. The molecule has 0 fully saturated rings. The van der Waals surface area contributed by atoms with Crippen LogP contribution in [-0.4, -0.2) is 39.5 Å². The van der Waals surface area contributed by atoms with Gasteiger partial charge in [0.1, 0.15) is 12.7 Å². The summed E-state index contributed by atoms with van der Waals surface area (Å²) in [4.78, 5) is 7.86. The molecule has 0 amide bonds. The minimum atomic E-state index is -0.874. The molecule has 72 valence electrons. The summed E-state index contributed by atoms with van der Waals surface area (Å²) in [6.07, 6.45) is 2.19. The molecule has 0 unspecified atom stereocenters. The minimum absolute atomic E-state index is 0.0238. The molecule has 0 saturated heterocycles. The van der Waals surface area contributed by atoms with Crippen LogP contribution in [0, 0.1) is 6.92 Å². The highest BCUT2D eigenvalue weighted by Crippen LogP contribution is 2.08. The third-order valence-electron chi connectivity index (χ3n) is 1.46. The Morgan fingerprint density at radius 2 is 2.15 bits per heavy atom. The van der Waals surface area contributed by atoms with Gasteiger partial charge in [-0.25, -0.2) is 4.98 Å². The molecule has 1 aromatic heterocycles. The number of aryl methyl sites for hydroxylation is 1. The van der Waals surface area contributed by atoms with Crippen LogP contribution in [0.4, 0.5) is 0 Å². The Labute approximate surface area is 76.0 Å². The number of aliphatic hydroxyl groups is 2. The summed E-state index contributed by atoms with van der Waals surface area (Å²) in [5.41, 5.74) is 0.660. The second kappa shape index (κ2) is 4.74. The molecule has 0 aromatic carbocycles. The van der Waals surface area contributed by atoms with Gasteiger partial charge in [0, 0.05) is 12.4 Å². The lowest BCUT2D eigenvalue weighted by molar-refractivity contribution is 0.0517. The zero-order chi connectivity index (χ0) is 9.68. The SMILES string of the molecule is Cc1nccnc1OC[C@H](O)CO. The van der Waals surface area contributed by atoms with Crippen molar-refractivity contribution in [3.63, 3.8) is 0 Å². The lowest BCUT2D eigenvalue weighted by Gasteiger charge is -2.09. The lowest BCUT2D eigenvalue weighted by Crippen LogP contribution is -2.21. The van der Waals surface area contributed by atoms with Crippen LogP contribution in [0.3, 0.4) is 0 Å². The predicted octanol–water partition coefficient (Wildman–Crippen LogP) is -0.483. The van der Waals surface area contributed by atoms with Crippen molar-refractivity contribution in [2.45, 2.75) is 13.0 Å². The molecule has 1 atom stereocenters. The van der Waals surface area contributed by atoms with E-state index in [9.17, 15) is 0 Å². The van der Waals surface area contributed by atoms with Gasteiger partial charge in [0.05, 0.1) is 12.3 Å². The Balaban J connectivity index is 2.50. The summed E-state index contributed by atoms with van der Waals surface area (Å²) in [5.74, 6) is 0.384. The molecule has 1 heterocycles. The van der Waals surface area contributed by atoms with Crippen molar-refractivity contribution in [3.05, 3.63) is 18.1 Å². The van der Waals surface area contributed by atoms with Gasteiger partial charge < -0.3 is 14.9 Å². The van der Waals surface area contributed by atoms with Crippen LogP contribution >= 0.6 is 0 Å². The molecule has 0 aliphatic heterocycles. The minimum Gasteiger partial charge on any atom is -0.474 e. The van der Waals surface area contributed by atoms with Crippen LogP contribution in [0.15, 0.2) is 12.4 Å². The summed E-state index contributed by atoms with van der Waals surface area (Å²) in [7, 11) is 0. The summed E-state index contributed by atoms with van der Waals surface area (Å²) >= 11 is 0. The molecule has 0 saturated carbocycles. The molecular weight excluding hydrogens is 172 g/mol. The monoisotopic (exact) mass is 184 g/mol. The summed E-state index contributed by atoms with van der Waals surface area (Å²) < 4.78 is 5.11. The van der Waals surface area contributed by atoms with E-state index in [1.54, 1.807) is 13.1 Å². The number of ether oxygens (including phenoxy) is 1. The van der Waals surface area contributed by atoms with Gasteiger partial charge in [0.15, 0.2) is 0 Å². The van der Waals surface area contributed by atoms with E-state index in [1.807, 2.05) is 0 Å². The molecule has 2 N–H and O–H groups in total. The Morgan fingerprint density at radius 1 is 1.46 bits per heavy atom. The second-order valence-corrected chi connectivity index (χ2v) is 2.59. The average molecular weight is 184 g/mol. The van der Waals surface area contributed by atoms with Crippen LogP contribution in [-0.2, 0) is 0 Å². The zero-order valence-corrected chi connectivity index (χ0v) is 7.34. The van der Waals surface area contributed by atoms with Gasteiger partial charge in [-0.3, -0.25) is 4.98 Å². The van der Waals surface area contributed by atoms with Crippen molar-refractivity contribution < 1.29 is 14.9 Å². The quantitative estimate of drug-likeness (QED) is 0.660. The molecule has 1 rings (SSSR count). The molecule has 0 spiro atoms. The molecule has 5 nitrogen and oxygen atoms in total. The van der Waals surface area contributed by atoms with Gasteiger partial charge in [-0.1, -0.05) is 0 Å². The Bertz CT molecular complexity index is 267. The fourth-order valence-electron chi connectivity index (χ4n) is 0.764. The van der Waals surface area contributed by atoms with E-state index in [2.05, 4.69) is 9.97 Å². The lowest BCUT2D eigenvalue weighted by atomic mass is 10.4. The molecule has 1 aromatic rings. The third kappa shape index (κ3) is 2.96. The first kappa shape index (κ1) is 9.88. The van der Waals surface area contributed by atoms with Crippen LogP contribution in [0.25, 0.3) is 0 Å². The number of rotatable bonds is 4. The average Bonchev–Trinajstić information content (AvgIpc) is 2.16. The van der Waals surface area contributed by atoms with Gasteiger partial charge in [-0.05, 0) is 6.92 Å². The smallest absolute Gasteiger partial charge is 0.235 e. The van der Waals surface area contributed by atoms with Crippen LogP contribution in [0.1, 0.15) is 5.69 Å². The van der Waals surface area contributed by atoms with Crippen LogP contribution < -0.4 is 4.74 Å². The first-order valence-electron chi connectivity index (χ1n) is 3.93. The van der Waals surface area contributed by atoms with Crippen molar-refractivity contribution in [1.29, 1.82) is 0 Å². The Morgan fingerprint density at radius 3 is 2.77 bits per heavy atom. The third-order valence-corrected chi connectivity index (χ3v) is 1.46. The predicted molar refractivity (Wildman–Crippen MR) is 45.4 cm³/mol. The van der Waals surface area contributed by atoms with E-state index < -0.39 is 6.10 Å². The summed E-state index contributed by atoms with van der Waals surface area (Å²) in [6.45, 7) is 1.46. The maximum Gasteiger partial charge on any atom is 0.235 e. The number of hydrogen-bond acceptors (Lipinski definition) is 5.